The van der Waals surface area contributed by atoms with Crippen LogP contribution >= 0.6 is 22.7 Å². The SMILES string of the molecule is Cn1c2nc(CC3=NNCC3)sc2c2cnn(Cc3cncs3)c(=O)c21. The summed E-state index contributed by atoms with van der Waals surface area (Å²) in [6.45, 7) is 1.33. The number of hydrazone groups is 1. The van der Waals surface area contributed by atoms with E-state index in [1.807, 2.05) is 11.6 Å². The molecule has 4 aromatic heterocycles. The maximum Gasteiger partial charge on any atom is 0.291 e. The van der Waals surface area contributed by atoms with Crippen molar-refractivity contribution in [2.75, 3.05) is 6.54 Å². The lowest BCUT2D eigenvalue weighted by Crippen LogP contribution is -2.24. The summed E-state index contributed by atoms with van der Waals surface area (Å²) in [7, 11) is 1.89. The number of fused-ring (bicyclic) bond motifs is 3. The summed E-state index contributed by atoms with van der Waals surface area (Å²) < 4.78 is 4.38. The van der Waals surface area contributed by atoms with Gasteiger partial charge in [-0.15, -0.1) is 22.7 Å². The molecular weight excluding hydrogens is 370 g/mol. The Hall–Kier alpha value is -2.59. The van der Waals surface area contributed by atoms with Gasteiger partial charge in [-0.05, 0) is 0 Å². The summed E-state index contributed by atoms with van der Waals surface area (Å²) >= 11 is 3.13. The van der Waals surface area contributed by atoms with Crippen LogP contribution in [0.4, 0.5) is 0 Å². The molecule has 0 spiro atoms. The van der Waals surface area contributed by atoms with Gasteiger partial charge in [0.2, 0.25) is 0 Å². The maximum atomic E-state index is 12.9. The van der Waals surface area contributed by atoms with Crippen molar-refractivity contribution in [3.63, 3.8) is 0 Å². The lowest BCUT2D eigenvalue weighted by molar-refractivity contribution is 0.650. The summed E-state index contributed by atoms with van der Waals surface area (Å²) in [4.78, 5) is 22.7. The van der Waals surface area contributed by atoms with Crippen LogP contribution in [0.3, 0.4) is 0 Å². The van der Waals surface area contributed by atoms with E-state index in [0.717, 1.165) is 50.7 Å². The Morgan fingerprint density at radius 1 is 1.35 bits per heavy atom. The smallest absolute Gasteiger partial charge is 0.291 e. The van der Waals surface area contributed by atoms with Crippen molar-refractivity contribution in [1.82, 2.24) is 29.7 Å². The quantitative estimate of drug-likeness (QED) is 0.578. The van der Waals surface area contributed by atoms with E-state index in [0.29, 0.717) is 12.1 Å². The zero-order chi connectivity index (χ0) is 17.7. The van der Waals surface area contributed by atoms with Crippen molar-refractivity contribution in [2.45, 2.75) is 19.4 Å². The molecule has 4 aromatic rings. The first kappa shape index (κ1) is 15.6. The second-order valence-electron chi connectivity index (χ2n) is 6.17. The van der Waals surface area contributed by atoms with Crippen LogP contribution in [0.5, 0.6) is 0 Å². The molecule has 1 aliphatic heterocycles. The van der Waals surface area contributed by atoms with E-state index in [9.17, 15) is 4.79 Å². The van der Waals surface area contributed by atoms with Gasteiger partial charge in [0.25, 0.3) is 5.56 Å². The van der Waals surface area contributed by atoms with Crippen molar-refractivity contribution in [3.8, 4) is 0 Å². The molecule has 0 bridgehead atoms. The molecule has 0 aliphatic carbocycles. The molecule has 0 unspecified atom stereocenters. The molecule has 0 saturated carbocycles. The van der Waals surface area contributed by atoms with Gasteiger partial charge < -0.3 is 9.99 Å². The highest BCUT2D eigenvalue weighted by molar-refractivity contribution is 7.19. The second-order valence-corrected chi connectivity index (χ2v) is 8.22. The van der Waals surface area contributed by atoms with E-state index in [2.05, 4.69) is 20.6 Å². The average Bonchev–Trinajstić information content (AvgIpc) is 3.39. The van der Waals surface area contributed by atoms with Crippen molar-refractivity contribution in [3.05, 3.63) is 38.1 Å². The zero-order valence-electron chi connectivity index (χ0n) is 14.0. The largest absolute Gasteiger partial charge is 0.323 e. The van der Waals surface area contributed by atoms with E-state index < -0.39 is 0 Å². The van der Waals surface area contributed by atoms with Gasteiger partial charge in [0.1, 0.15) is 10.5 Å². The zero-order valence-corrected chi connectivity index (χ0v) is 15.6. The van der Waals surface area contributed by atoms with Gasteiger partial charge in [-0.25, -0.2) is 9.67 Å². The summed E-state index contributed by atoms with van der Waals surface area (Å²) in [5.41, 5.74) is 7.25. The Balaban J connectivity index is 1.60. The van der Waals surface area contributed by atoms with Crippen molar-refractivity contribution in [2.24, 2.45) is 12.1 Å². The van der Waals surface area contributed by atoms with Crippen LogP contribution in [0, 0.1) is 0 Å². The topological polar surface area (TPSA) is 90.0 Å². The number of thiazole rings is 2. The molecule has 5 rings (SSSR count). The van der Waals surface area contributed by atoms with Gasteiger partial charge >= 0.3 is 0 Å². The van der Waals surface area contributed by atoms with Crippen LogP contribution in [-0.4, -0.2) is 36.6 Å². The third-order valence-electron chi connectivity index (χ3n) is 4.48. The van der Waals surface area contributed by atoms with E-state index in [4.69, 9.17) is 4.98 Å². The molecule has 0 amide bonds. The first-order valence-corrected chi connectivity index (χ1v) is 9.90. The number of aryl methyl sites for hydroxylation is 1. The van der Waals surface area contributed by atoms with Gasteiger partial charge in [-0.3, -0.25) is 9.78 Å². The molecule has 10 heteroatoms. The highest BCUT2D eigenvalue weighted by atomic mass is 32.1. The molecule has 5 heterocycles. The first-order chi connectivity index (χ1) is 12.7. The number of rotatable bonds is 4. The molecule has 0 fully saturated rings. The van der Waals surface area contributed by atoms with Gasteiger partial charge in [0.15, 0.2) is 5.65 Å². The van der Waals surface area contributed by atoms with Crippen LogP contribution in [-0.2, 0) is 20.0 Å². The predicted octanol–water partition coefficient (Wildman–Crippen LogP) is 1.74. The standard InChI is InChI=1S/C16H15N7OS2/c1-22-13-11(6-19-23(16(13)24)7-10-5-17-8-25-10)14-15(22)20-12(26-14)4-9-2-3-18-21-9/h5-6,8,18H,2-4,7H2,1H3. The highest BCUT2D eigenvalue weighted by Crippen LogP contribution is 2.31. The lowest BCUT2D eigenvalue weighted by Gasteiger charge is -2.03. The van der Waals surface area contributed by atoms with E-state index in [1.165, 1.54) is 16.0 Å². The third kappa shape index (κ3) is 2.44. The van der Waals surface area contributed by atoms with Gasteiger partial charge in [-0.2, -0.15) is 10.2 Å². The highest BCUT2D eigenvalue weighted by Gasteiger charge is 2.19. The maximum absolute atomic E-state index is 12.9. The summed E-state index contributed by atoms with van der Waals surface area (Å²) in [5, 5.41) is 10.5. The van der Waals surface area contributed by atoms with E-state index >= 15 is 0 Å². The summed E-state index contributed by atoms with van der Waals surface area (Å²) in [5.74, 6) is 0. The molecule has 1 N–H and O–H groups in total. The van der Waals surface area contributed by atoms with Crippen molar-refractivity contribution in [1.29, 1.82) is 0 Å². The molecule has 0 atom stereocenters. The minimum absolute atomic E-state index is 0.102. The van der Waals surface area contributed by atoms with Crippen molar-refractivity contribution >= 4 is 49.6 Å². The molecule has 8 nitrogen and oxygen atoms in total. The third-order valence-corrected chi connectivity index (χ3v) is 6.32. The summed E-state index contributed by atoms with van der Waals surface area (Å²) in [6.07, 6.45) is 5.25. The lowest BCUT2D eigenvalue weighted by atomic mass is 10.2. The number of hydrogen-bond acceptors (Lipinski definition) is 8. The Kier molecular flexibility index (Phi) is 3.61. The molecule has 26 heavy (non-hydrogen) atoms. The van der Waals surface area contributed by atoms with Crippen LogP contribution < -0.4 is 11.0 Å². The fourth-order valence-electron chi connectivity index (χ4n) is 3.21. The summed E-state index contributed by atoms with van der Waals surface area (Å²) in [6, 6.07) is 0. The van der Waals surface area contributed by atoms with Crippen LogP contribution in [0.15, 0.2) is 27.8 Å². The van der Waals surface area contributed by atoms with Gasteiger partial charge in [0.05, 0.1) is 23.0 Å². The number of aromatic nitrogens is 5. The Bertz CT molecular complexity index is 1200. The van der Waals surface area contributed by atoms with Crippen LogP contribution in [0.1, 0.15) is 16.3 Å². The minimum atomic E-state index is -0.102. The van der Waals surface area contributed by atoms with Crippen molar-refractivity contribution < 1.29 is 0 Å². The minimum Gasteiger partial charge on any atom is -0.323 e. The first-order valence-electron chi connectivity index (χ1n) is 8.20. The normalized spacial score (nSPS) is 14.3. The number of nitrogens with zero attached hydrogens (tertiary/aromatic N) is 6. The van der Waals surface area contributed by atoms with Crippen LogP contribution in [0.25, 0.3) is 21.3 Å². The fraction of sp³-hybridized carbons (Fsp3) is 0.312. The fourth-order valence-corrected chi connectivity index (χ4v) is 4.93. The Morgan fingerprint density at radius 2 is 2.27 bits per heavy atom. The predicted molar refractivity (Wildman–Crippen MR) is 103 cm³/mol. The number of nitrogens with one attached hydrogen (secondary N) is 1. The van der Waals surface area contributed by atoms with E-state index in [-0.39, 0.29) is 5.56 Å². The molecular formula is C16H15N7OS2. The van der Waals surface area contributed by atoms with E-state index in [1.54, 1.807) is 29.2 Å². The molecule has 1 aliphatic rings. The second kappa shape index (κ2) is 5.99. The molecule has 0 radical (unpaired) electrons. The monoisotopic (exact) mass is 385 g/mol. The molecule has 0 aromatic carbocycles. The molecule has 0 saturated heterocycles. The van der Waals surface area contributed by atoms with Gasteiger partial charge in [-0.1, -0.05) is 0 Å². The molecule has 132 valence electrons. The average molecular weight is 385 g/mol. The Labute approximate surface area is 155 Å². The van der Waals surface area contributed by atoms with Gasteiger partial charge in [0, 0.05) is 48.6 Å². The number of hydrogen-bond donors (Lipinski definition) is 1. The van der Waals surface area contributed by atoms with Crippen LogP contribution in [0.2, 0.25) is 0 Å². The Morgan fingerprint density at radius 3 is 3.04 bits per heavy atom.